The van der Waals surface area contributed by atoms with E-state index in [0.29, 0.717) is 14.9 Å². The Labute approximate surface area is 122 Å². The van der Waals surface area contributed by atoms with Crippen molar-refractivity contribution in [3.8, 4) is 11.6 Å². The van der Waals surface area contributed by atoms with E-state index in [4.69, 9.17) is 16.0 Å². The maximum Gasteiger partial charge on any atom is 0.322 e. The predicted octanol–water partition coefficient (Wildman–Crippen LogP) is 2.44. The zero-order valence-corrected chi connectivity index (χ0v) is 11.8. The molecule has 0 aliphatic carbocycles. The van der Waals surface area contributed by atoms with Crippen molar-refractivity contribution in [2.24, 2.45) is 7.05 Å². The van der Waals surface area contributed by atoms with E-state index < -0.39 is 0 Å². The van der Waals surface area contributed by atoms with E-state index in [1.54, 1.807) is 36.1 Å². The summed E-state index contributed by atoms with van der Waals surface area (Å²) in [5.74, 6) is -0.108. The lowest BCUT2D eigenvalue weighted by molar-refractivity contribution is 0.102. The van der Waals surface area contributed by atoms with Crippen LogP contribution in [0.3, 0.4) is 0 Å². The molecular formula is C11H8ClN5O2S. The number of aromatic nitrogens is 4. The van der Waals surface area contributed by atoms with Crippen molar-refractivity contribution >= 4 is 34.9 Å². The highest BCUT2D eigenvalue weighted by molar-refractivity contribution is 7.18. The molecular weight excluding hydrogens is 302 g/mol. The first kappa shape index (κ1) is 12.8. The summed E-state index contributed by atoms with van der Waals surface area (Å²) < 4.78 is 7.48. The van der Waals surface area contributed by atoms with Crippen LogP contribution in [0, 0.1) is 0 Å². The van der Waals surface area contributed by atoms with Crippen LogP contribution in [0.5, 0.6) is 0 Å². The third-order valence-electron chi connectivity index (χ3n) is 2.38. The molecule has 0 spiro atoms. The number of nitrogens with zero attached hydrogens (tertiary/aromatic N) is 4. The fourth-order valence-corrected chi connectivity index (χ4v) is 2.44. The number of halogens is 1. The number of rotatable bonds is 3. The van der Waals surface area contributed by atoms with Gasteiger partial charge in [0, 0.05) is 13.2 Å². The van der Waals surface area contributed by atoms with E-state index in [-0.39, 0.29) is 17.8 Å². The first-order chi connectivity index (χ1) is 9.61. The second-order valence-corrected chi connectivity index (χ2v) is 5.56. The van der Waals surface area contributed by atoms with Crippen LogP contribution < -0.4 is 5.32 Å². The number of hydrogen-bond donors (Lipinski definition) is 1. The smallest absolute Gasteiger partial charge is 0.322 e. The van der Waals surface area contributed by atoms with Gasteiger partial charge in [0.2, 0.25) is 0 Å². The van der Waals surface area contributed by atoms with Crippen LogP contribution in [0.2, 0.25) is 4.34 Å². The van der Waals surface area contributed by atoms with Crippen LogP contribution in [0.1, 0.15) is 9.67 Å². The van der Waals surface area contributed by atoms with Crippen molar-refractivity contribution in [1.29, 1.82) is 0 Å². The Morgan fingerprint density at radius 1 is 1.40 bits per heavy atom. The number of carbonyl (C=O) groups excluding carboxylic acids is 1. The van der Waals surface area contributed by atoms with Gasteiger partial charge in [-0.05, 0) is 18.2 Å². The highest BCUT2D eigenvalue weighted by Gasteiger charge is 2.15. The summed E-state index contributed by atoms with van der Waals surface area (Å²) in [5.41, 5.74) is 0.541. The molecule has 0 aliphatic heterocycles. The molecule has 0 atom stereocenters. The third-order valence-corrected chi connectivity index (χ3v) is 3.61. The third kappa shape index (κ3) is 2.56. The predicted molar refractivity (Wildman–Crippen MR) is 73.8 cm³/mol. The molecule has 1 N–H and O–H groups in total. The maximum absolute atomic E-state index is 11.9. The van der Waals surface area contributed by atoms with Crippen molar-refractivity contribution < 1.29 is 9.21 Å². The van der Waals surface area contributed by atoms with Gasteiger partial charge < -0.3 is 4.42 Å². The van der Waals surface area contributed by atoms with E-state index >= 15 is 0 Å². The molecule has 0 saturated heterocycles. The number of hydrogen-bond acceptors (Lipinski definition) is 6. The Morgan fingerprint density at radius 2 is 2.25 bits per heavy atom. The summed E-state index contributed by atoms with van der Waals surface area (Å²) in [7, 11) is 1.78. The summed E-state index contributed by atoms with van der Waals surface area (Å²) in [5, 5.41) is 14.2. The number of anilines is 1. The van der Waals surface area contributed by atoms with E-state index in [2.05, 4.69) is 20.6 Å². The van der Waals surface area contributed by atoms with Gasteiger partial charge in [0.05, 0.1) is 9.21 Å². The minimum absolute atomic E-state index is 0.0141. The molecule has 0 saturated carbocycles. The number of carbonyl (C=O) groups is 1. The summed E-state index contributed by atoms with van der Waals surface area (Å²) >= 11 is 6.94. The SMILES string of the molecule is Cn1ccc(-c2nnc(NC(=O)c3ccc(Cl)s3)o2)n1. The normalized spacial score (nSPS) is 10.7. The fraction of sp³-hybridized carbons (Fsp3) is 0.0909. The van der Waals surface area contributed by atoms with E-state index in [9.17, 15) is 4.79 Å². The van der Waals surface area contributed by atoms with E-state index in [0.717, 1.165) is 0 Å². The van der Waals surface area contributed by atoms with Gasteiger partial charge in [-0.2, -0.15) is 5.10 Å². The first-order valence-electron chi connectivity index (χ1n) is 5.52. The van der Waals surface area contributed by atoms with Gasteiger partial charge in [0.15, 0.2) is 0 Å². The van der Waals surface area contributed by atoms with Gasteiger partial charge >= 0.3 is 6.01 Å². The lowest BCUT2D eigenvalue weighted by Crippen LogP contribution is -2.10. The van der Waals surface area contributed by atoms with E-state index in [1.165, 1.54) is 11.3 Å². The molecule has 20 heavy (non-hydrogen) atoms. The highest BCUT2D eigenvalue weighted by atomic mass is 35.5. The first-order valence-corrected chi connectivity index (χ1v) is 6.71. The molecule has 0 unspecified atom stereocenters. The van der Waals surface area contributed by atoms with Gasteiger partial charge in [-0.3, -0.25) is 14.8 Å². The second-order valence-electron chi connectivity index (χ2n) is 3.84. The molecule has 0 fully saturated rings. The van der Waals surface area contributed by atoms with Crippen LogP contribution in [0.15, 0.2) is 28.8 Å². The number of thiophene rings is 1. The van der Waals surface area contributed by atoms with Crippen LogP contribution >= 0.6 is 22.9 Å². The van der Waals surface area contributed by atoms with Gasteiger partial charge in [0.25, 0.3) is 11.8 Å². The number of amides is 1. The van der Waals surface area contributed by atoms with Crippen LogP contribution in [0.4, 0.5) is 6.01 Å². The second kappa shape index (κ2) is 5.06. The van der Waals surface area contributed by atoms with Crippen molar-refractivity contribution in [3.05, 3.63) is 33.6 Å². The fourth-order valence-electron chi connectivity index (χ4n) is 1.50. The zero-order valence-electron chi connectivity index (χ0n) is 10.2. The van der Waals surface area contributed by atoms with Crippen LogP contribution in [-0.4, -0.2) is 25.9 Å². The largest absolute Gasteiger partial charge is 0.401 e. The number of aryl methyl sites for hydroxylation is 1. The van der Waals surface area contributed by atoms with Crippen molar-refractivity contribution in [1.82, 2.24) is 20.0 Å². The average Bonchev–Trinajstić information content (AvgIpc) is 3.10. The molecule has 0 radical (unpaired) electrons. The van der Waals surface area contributed by atoms with Gasteiger partial charge in [-0.15, -0.1) is 16.4 Å². The Morgan fingerprint density at radius 3 is 2.90 bits per heavy atom. The molecule has 0 aromatic carbocycles. The van der Waals surface area contributed by atoms with Gasteiger partial charge in [0.1, 0.15) is 5.69 Å². The topological polar surface area (TPSA) is 85.8 Å². The lowest BCUT2D eigenvalue weighted by Gasteiger charge is -1.95. The average molecular weight is 310 g/mol. The Bertz CT molecular complexity index is 762. The molecule has 0 bridgehead atoms. The molecule has 0 aliphatic rings. The minimum Gasteiger partial charge on any atom is -0.401 e. The lowest BCUT2D eigenvalue weighted by atomic mass is 10.4. The summed E-state index contributed by atoms with van der Waals surface area (Å²) in [6.45, 7) is 0. The van der Waals surface area contributed by atoms with E-state index in [1.807, 2.05) is 0 Å². The van der Waals surface area contributed by atoms with Crippen LogP contribution in [-0.2, 0) is 7.05 Å². The molecule has 7 nitrogen and oxygen atoms in total. The van der Waals surface area contributed by atoms with Crippen LogP contribution in [0.25, 0.3) is 11.6 Å². The molecule has 1 amide bonds. The Balaban J connectivity index is 1.76. The summed E-state index contributed by atoms with van der Waals surface area (Å²) in [4.78, 5) is 12.3. The summed E-state index contributed by atoms with van der Waals surface area (Å²) in [6.07, 6.45) is 1.76. The minimum atomic E-state index is -0.349. The molecule has 9 heteroatoms. The zero-order chi connectivity index (χ0) is 14.1. The van der Waals surface area contributed by atoms with Crippen molar-refractivity contribution in [2.75, 3.05) is 5.32 Å². The quantitative estimate of drug-likeness (QED) is 0.803. The summed E-state index contributed by atoms with van der Waals surface area (Å²) in [6, 6.07) is 5.02. The maximum atomic E-state index is 11.9. The monoisotopic (exact) mass is 309 g/mol. The molecule has 3 rings (SSSR count). The number of nitrogens with one attached hydrogen (secondary N) is 1. The van der Waals surface area contributed by atoms with Gasteiger partial charge in [-0.25, -0.2) is 0 Å². The molecule has 102 valence electrons. The van der Waals surface area contributed by atoms with Crippen molar-refractivity contribution in [3.63, 3.8) is 0 Å². The highest BCUT2D eigenvalue weighted by Crippen LogP contribution is 2.23. The molecule has 3 heterocycles. The Hall–Kier alpha value is -2.19. The van der Waals surface area contributed by atoms with Gasteiger partial charge in [-0.1, -0.05) is 16.7 Å². The standard InChI is InChI=1S/C11H8ClN5O2S/c1-17-5-4-6(16-17)10-14-15-11(19-10)13-9(18)7-2-3-8(12)20-7/h2-5H,1H3,(H,13,15,18). The Kier molecular flexibility index (Phi) is 3.25. The molecule has 3 aromatic rings. The van der Waals surface area contributed by atoms with Crippen molar-refractivity contribution in [2.45, 2.75) is 0 Å². The molecule has 3 aromatic heterocycles.